The second kappa shape index (κ2) is 6.25. The van der Waals surface area contributed by atoms with Gasteiger partial charge in [-0.1, -0.05) is 0 Å². The van der Waals surface area contributed by atoms with Crippen LogP contribution in [0, 0.1) is 0 Å². The van der Waals surface area contributed by atoms with Gasteiger partial charge in [-0.3, -0.25) is 4.79 Å². The van der Waals surface area contributed by atoms with Crippen LogP contribution < -0.4 is 5.32 Å². The smallest absolute Gasteiger partial charge is 0.326 e. The van der Waals surface area contributed by atoms with Gasteiger partial charge in [0.15, 0.2) is 0 Å². The van der Waals surface area contributed by atoms with Crippen LogP contribution in [0.4, 0.5) is 4.79 Å². The van der Waals surface area contributed by atoms with Gasteiger partial charge in [0.25, 0.3) is 0 Å². The van der Waals surface area contributed by atoms with Crippen molar-refractivity contribution in [1.29, 1.82) is 0 Å². The molecule has 1 atom stereocenters. The average molecular weight is 296 g/mol. The number of urea groups is 1. The second-order valence-corrected chi connectivity index (χ2v) is 4.48. The van der Waals surface area contributed by atoms with Crippen molar-refractivity contribution in [2.75, 3.05) is 13.2 Å². The summed E-state index contributed by atoms with van der Waals surface area (Å²) in [5, 5.41) is 11.6. The quantitative estimate of drug-likeness (QED) is 0.643. The number of esters is 1. The molecule has 3 N–H and O–H groups in total. The van der Waals surface area contributed by atoms with E-state index in [9.17, 15) is 19.5 Å². The first-order chi connectivity index (χ1) is 10.0. The summed E-state index contributed by atoms with van der Waals surface area (Å²) < 4.78 is 4.69. The maximum Gasteiger partial charge on any atom is 0.326 e. The fourth-order valence-corrected chi connectivity index (χ4v) is 2.13. The predicted octanol–water partition coefficient (Wildman–Crippen LogP) is -0.506. The molecule has 114 valence electrons. The zero-order chi connectivity index (χ0) is 15.4. The molecule has 0 bridgehead atoms. The third kappa shape index (κ3) is 3.30. The number of nitrogens with zero attached hydrogens (tertiary/aromatic N) is 2. The van der Waals surface area contributed by atoms with Crippen molar-refractivity contribution in [1.82, 2.24) is 20.2 Å². The molecule has 0 saturated heterocycles. The van der Waals surface area contributed by atoms with Gasteiger partial charge in [-0.25, -0.2) is 14.6 Å². The summed E-state index contributed by atoms with van der Waals surface area (Å²) in [5.74, 6) is -1.69. The van der Waals surface area contributed by atoms with Gasteiger partial charge in [0.1, 0.15) is 12.6 Å². The number of carboxylic acids is 1. The zero-order valence-electron chi connectivity index (χ0n) is 11.5. The lowest BCUT2D eigenvalue weighted by molar-refractivity contribution is -0.142. The molecule has 1 aliphatic heterocycles. The van der Waals surface area contributed by atoms with Crippen LogP contribution in [0.25, 0.3) is 0 Å². The number of rotatable bonds is 4. The number of hydrogen-bond donors (Lipinski definition) is 3. The minimum atomic E-state index is -1.12. The number of H-pyrrole nitrogens is 1. The van der Waals surface area contributed by atoms with E-state index < -0.39 is 24.0 Å². The van der Waals surface area contributed by atoms with Gasteiger partial charge in [0.2, 0.25) is 0 Å². The van der Waals surface area contributed by atoms with Crippen LogP contribution >= 0.6 is 0 Å². The molecule has 1 aromatic rings. The Hall–Kier alpha value is -2.58. The number of carbonyl (C=O) groups excluding carboxylic acids is 2. The Balaban J connectivity index is 2.04. The molecular formula is C12H16N4O5. The summed E-state index contributed by atoms with van der Waals surface area (Å²) >= 11 is 0. The van der Waals surface area contributed by atoms with Crippen molar-refractivity contribution in [2.24, 2.45) is 0 Å². The predicted molar refractivity (Wildman–Crippen MR) is 69.3 cm³/mol. The number of imidazole rings is 1. The van der Waals surface area contributed by atoms with Crippen LogP contribution in [0.1, 0.15) is 18.3 Å². The van der Waals surface area contributed by atoms with Gasteiger partial charge in [-0.15, -0.1) is 0 Å². The third-order valence-electron chi connectivity index (χ3n) is 3.13. The van der Waals surface area contributed by atoms with Crippen LogP contribution in [0.3, 0.4) is 0 Å². The largest absolute Gasteiger partial charge is 0.480 e. The van der Waals surface area contributed by atoms with E-state index in [1.807, 2.05) is 0 Å². The summed E-state index contributed by atoms with van der Waals surface area (Å²) in [6.07, 6.45) is 1.59. The topological polar surface area (TPSA) is 125 Å². The standard InChI is InChI=1S/C12H16N4O5/c1-2-21-10(17)4-13-12(20)16-5-8-7(14-6-15-8)3-9(16)11(18)19/h6,9H,2-5H2,1H3,(H,13,20)(H,14,15)(H,18,19). The van der Waals surface area contributed by atoms with Gasteiger partial charge >= 0.3 is 18.0 Å². The molecule has 0 saturated carbocycles. The van der Waals surface area contributed by atoms with Gasteiger partial charge in [0.05, 0.1) is 30.9 Å². The van der Waals surface area contributed by atoms with Crippen molar-refractivity contribution >= 4 is 18.0 Å². The number of fused-ring (bicyclic) bond motifs is 1. The highest BCUT2D eigenvalue weighted by atomic mass is 16.5. The lowest BCUT2D eigenvalue weighted by atomic mass is 10.0. The molecule has 1 aliphatic rings. The number of aromatic amines is 1. The van der Waals surface area contributed by atoms with E-state index in [1.54, 1.807) is 6.92 Å². The summed E-state index contributed by atoms with van der Waals surface area (Å²) in [4.78, 5) is 42.6. The number of amides is 2. The summed E-state index contributed by atoms with van der Waals surface area (Å²) in [5.41, 5.74) is 1.33. The van der Waals surface area contributed by atoms with Crippen molar-refractivity contribution < 1.29 is 24.2 Å². The van der Waals surface area contributed by atoms with E-state index in [0.29, 0.717) is 11.4 Å². The molecule has 2 rings (SSSR count). The van der Waals surface area contributed by atoms with Crippen LogP contribution in [0.15, 0.2) is 6.33 Å². The normalized spacial score (nSPS) is 17.0. The van der Waals surface area contributed by atoms with Crippen molar-refractivity contribution in [2.45, 2.75) is 25.9 Å². The summed E-state index contributed by atoms with van der Waals surface area (Å²) in [6, 6.07) is -1.64. The first kappa shape index (κ1) is 14.8. The highest BCUT2D eigenvalue weighted by molar-refractivity contribution is 5.85. The molecule has 9 heteroatoms. The Morgan fingerprint density at radius 1 is 1.57 bits per heavy atom. The molecule has 2 heterocycles. The Morgan fingerprint density at radius 3 is 3.00 bits per heavy atom. The number of aromatic nitrogens is 2. The second-order valence-electron chi connectivity index (χ2n) is 4.48. The van der Waals surface area contributed by atoms with Crippen LogP contribution in [0.2, 0.25) is 0 Å². The first-order valence-electron chi connectivity index (χ1n) is 6.47. The Morgan fingerprint density at radius 2 is 2.33 bits per heavy atom. The van der Waals surface area contributed by atoms with Crippen LogP contribution in [-0.2, 0) is 27.3 Å². The molecule has 0 spiro atoms. The molecule has 0 radical (unpaired) electrons. The molecule has 0 aromatic carbocycles. The number of hydrogen-bond acceptors (Lipinski definition) is 5. The maximum absolute atomic E-state index is 12.1. The lowest BCUT2D eigenvalue weighted by Crippen LogP contribution is -2.53. The molecule has 1 unspecified atom stereocenters. The van der Waals surface area contributed by atoms with Gasteiger partial charge < -0.3 is 25.0 Å². The van der Waals surface area contributed by atoms with Gasteiger partial charge in [-0.2, -0.15) is 0 Å². The van der Waals surface area contributed by atoms with Crippen molar-refractivity contribution in [3.8, 4) is 0 Å². The molecule has 1 aromatic heterocycles. The highest BCUT2D eigenvalue weighted by Gasteiger charge is 2.36. The fraction of sp³-hybridized carbons (Fsp3) is 0.500. The van der Waals surface area contributed by atoms with E-state index in [1.165, 1.54) is 6.33 Å². The Bertz CT molecular complexity index is 556. The molecule has 0 fully saturated rings. The molecule has 0 aliphatic carbocycles. The van der Waals surface area contributed by atoms with Crippen molar-refractivity contribution in [3.63, 3.8) is 0 Å². The Labute approximate surface area is 120 Å². The number of aliphatic carboxylic acids is 1. The third-order valence-corrected chi connectivity index (χ3v) is 3.13. The average Bonchev–Trinajstić information content (AvgIpc) is 2.90. The molecular weight excluding hydrogens is 280 g/mol. The SMILES string of the molecule is CCOC(=O)CNC(=O)N1Cc2[nH]cnc2CC1C(=O)O. The fourth-order valence-electron chi connectivity index (χ4n) is 2.13. The van der Waals surface area contributed by atoms with E-state index in [2.05, 4.69) is 15.3 Å². The molecule has 21 heavy (non-hydrogen) atoms. The zero-order valence-corrected chi connectivity index (χ0v) is 11.5. The lowest BCUT2D eigenvalue weighted by Gasteiger charge is -2.32. The van der Waals surface area contributed by atoms with E-state index in [0.717, 1.165) is 4.90 Å². The highest BCUT2D eigenvalue weighted by Crippen LogP contribution is 2.20. The number of nitrogens with one attached hydrogen (secondary N) is 2. The molecule has 9 nitrogen and oxygen atoms in total. The van der Waals surface area contributed by atoms with Crippen LogP contribution in [-0.4, -0.2) is 57.1 Å². The van der Waals surface area contributed by atoms with Gasteiger partial charge in [-0.05, 0) is 6.92 Å². The minimum Gasteiger partial charge on any atom is -0.480 e. The monoisotopic (exact) mass is 296 g/mol. The number of carbonyl (C=O) groups is 3. The van der Waals surface area contributed by atoms with E-state index in [-0.39, 0.29) is 26.1 Å². The Kier molecular flexibility index (Phi) is 4.41. The first-order valence-corrected chi connectivity index (χ1v) is 6.47. The van der Waals surface area contributed by atoms with E-state index in [4.69, 9.17) is 4.74 Å². The maximum atomic E-state index is 12.1. The van der Waals surface area contributed by atoms with E-state index >= 15 is 0 Å². The summed E-state index contributed by atoms with van der Waals surface area (Å²) in [7, 11) is 0. The summed E-state index contributed by atoms with van der Waals surface area (Å²) in [6.45, 7) is 1.67. The van der Waals surface area contributed by atoms with Crippen LogP contribution in [0.5, 0.6) is 0 Å². The number of ether oxygens (including phenoxy) is 1. The number of carboxylic acid groups (broad SMARTS) is 1. The van der Waals surface area contributed by atoms with Crippen molar-refractivity contribution in [3.05, 3.63) is 17.7 Å². The minimum absolute atomic E-state index is 0.0982. The van der Waals surface area contributed by atoms with Gasteiger partial charge in [0, 0.05) is 6.42 Å². The molecule has 2 amide bonds.